The molecule has 0 spiro atoms. The topological polar surface area (TPSA) is 127 Å². The first-order valence-electron chi connectivity index (χ1n) is 13.2. The Morgan fingerprint density at radius 2 is 1.92 bits per heavy atom. The van der Waals surface area contributed by atoms with Crippen molar-refractivity contribution in [1.29, 1.82) is 0 Å². The number of fused-ring (bicyclic) bond motifs is 2. The highest BCUT2D eigenvalue weighted by Crippen LogP contribution is 2.38. The molecular weight excluding hydrogens is 492 g/mol. The molecule has 3 aromatic heterocycles. The number of aromatic amines is 1. The van der Waals surface area contributed by atoms with Crippen LogP contribution in [-0.4, -0.2) is 37.8 Å². The number of nitrogens with zero attached hydrogens (tertiary/aromatic N) is 3. The van der Waals surface area contributed by atoms with Gasteiger partial charge in [0.25, 0.3) is 5.91 Å². The van der Waals surface area contributed by atoms with Crippen LogP contribution in [0.5, 0.6) is 5.75 Å². The van der Waals surface area contributed by atoms with Gasteiger partial charge in [-0.25, -0.2) is 9.97 Å². The molecule has 9 heteroatoms. The van der Waals surface area contributed by atoms with E-state index in [1.54, 1.807) is 30.5 Å². The van der Waals surface area contributed by atoms with E-state index in [9.17, 15) is 9.59 Å². The van der Waals surface area contributed by atoms with Crippen LogP contribution in [0.2, 0.25) is 0 Å². The molecule has 39 heavy (non-hydrogen) atoms. The molecule has 198 valence electrons. The lowest BCUT2D eigenvalue weighted by atomic mass is 9.81. The summed E-state index contributed by atoms with van der Waals surface area (Å²) in [6.45, 7) is 1.94. The van der Waals surface area contributed by atoms with E-state index in [1.165, 1.54) is 6.92 Å². The van der Waals surface area contributed by atoms with Crippen LogP contribution in [0, 0.1) is 5.92 Å². The Kier molecular flexibility index (Phi) is 6.48. The van der Waals surface area contributed by atoms with Crippen molar-refractivity contribution in [1.82, 2.24) is 24.7 Å². The molecule has 0 aliphatic heterocycles. The Morgan fingerprint density at radius 1 is 1.10 bits per heavy atom. The number of benzene rings is 2. The SMILES string of the molecule is CC(=O)Oc1cccc(C(=O)NCC2CCC(c3nc(-c4cc5ccccc5[nH]4)c4c(N)nccn34)CC2)c1. The Balaban J connectivity index is 1.15. The quantitative estimate of drug-likeness (QED) is 0.211. The minimum Gasteiger partial charge on any atom is -0.427 e. The number of imidazole rings is 1. The fourth-order valence-corrected chi connectivity index (χ4v) is 5.59. The van der Waals surface area contributed by atoms with Gasteiger partial charge in [-0.05, 0) is 61.9 Å². The third-order valence-corrected chi connectivity index (χ3v) is 7.52. The molecule has 1 saturated carbocycles. The maximum Gasteiger partial charge on any atom is 0.308 e. The number of amides is 1. The third kappa shape index (κ3) is 4.95. The summed E-state index contributed by atoms with van der Waals surface area (Å²) in [7, 11) is 0. The standard InChI is InChI=1S/C30H30N6O3/c1-18(37)39-23-7-4-6-22(15-23)30(38)33-17-19-9-11-20(12-10-19)29-35-26(27-28(31)32-13-14-36(27)29)25-16-21-5-2-3-8-24(21)34-25/h2-8,13-16,19-20,34H,9-12,17H2,1H3,(H2,31,32)(H,33,38). The van der Waals surface area contributed by atoms with E-state index in [2.05, 4.69) is 37.9 Å². The molecule has 0 radical (unpaired) electrons. The van der Waals surface area contributed by atoms with Gasteiger partial charge in [0.2, 0.25) is 0 Å². The molecule has 3 heterocycles. The lowest BCUT2D eigenvalue weighted by molar-refractivity contribution is -0.131. The van der Waals surface area contributed by atoms with Gasteiger partial charge in [0.1, 0.15) is 28.6 Å². The van der Waals surface area contributed by atoms with E-state index in [-0.39, 0.29) is 11.8 Å². The van der Waals surface area contributed by atoms with Crippen LogP contribution in [0.4, 0.5) is 5.82 Å². The number of nitrogen functional groups attached to an aromatic ring is 1. The molecule has 5 aromatic rings. The fraction of sp³-hybridized carbons (Fsp3) is 0.267. The van der Waals surface area contributed by atoms with Crippen LogP contribution in [0.25, 0.3) is 27.8 Å². The predicted molar refractivity (Wildman–Crippen MR) is 149 cm³/mol. The van der Waals surface area contributed by atoms with E-state index < -0.39 is 5.97 Å². The molecule has 1 aliphatic rings. The van der Waals surface area contributed by atoms with Gasteiger partial charge in [-0.15, -0.1) is 0 Å². The highest BCUT2D eigenvalue weighted by Gasteiger charge is 2.28. The maximum atomic E-state index is 12.7. The van der Waals surface area contributed by atoms with Crippen molar-refractivity contribution in [3.8, 4) is 17.1 Å². The lowest BCUT2D eigenvalue weighted by Gasteiger charge is -2.28. The van der Waals surface area contributed by atoms with Crippen molar-refractivity contribution in [3.63, 3.8) is 0 Å². The van der Waals surface area contributed by atoms with E-state index in [0.717, 1.165) is 59.3 Å². The molecular formula is C30H30N6O3. The summed E-state index contributed by atoms with van der Waals surface area (Å²) in [6, 6.07) is 16.9. The predicted octanol–water partition coefficient (Wildman–Crippen LogP) is 5.09. The molecule has 1 fully saturated rings. The summed E-state index contributed by atoms with van der Waals surface area (Å²) in [5, 5.41) is 4.17. The number of para-hydroxylation sites is 1. The minimum atomic E-state index is -0.415. The number of aromatic nitrogens is 4. The number of rotatable bonds is 6. The van der Waals surface area contributed by atoms with Crippen LogP contribution in [0.15, 0.2) is 67.0 Å². The van der Waals surface area contributed by atoms with Crippen molar-refractivity contribution in [2.45, 2.75) is 38.5 Å². The zero-order valence-corrected chi connectivity index (χ0v) is 21.7. The van der Waals surface area contributed by atoms with Gasteiger partial charge in [0, 0.05) is 48.2 Å². The zero-order valence-electron chi connectivity index (χ0n) is 21.7. The van der Waals surface area contributed by atoms with Gasteiger partial charge in [-0.1, -0.05) is 24.3 Å². The largest absolute Gasteiger partial charge is 0.427 e. The smallest absolute Gasteiger partial charge is 0.308 e. The molecule has 1 amide bonds. The molecule has 9 nitrogen and oxygen atoms in total. The van der Waals surface area contributed by atoms with Crippen LogP contribution in [0.3, 0.4) is 0 Å². The highest BCUT2D eigenvalue weighted by atomic mass is 16.5. The average Bonchev–Trinajstić information content (AvgIpc) is 3.54. The number of nitrogens with one attached hydrogen (secondary N) is 2. The average molecular weight is 523 g/mol. The molecule has 0 unspecified atom stereocenters. The second kappa shape index (κ2) is 10.2. The normalized spacial score (nSPS) is 17.4. The molecule has 0 bridgehead atoms. The van der Waals surface area contributed by atoms with E-state index in [1.807, 2.05) is 18.3 Å². The molecule has 0 saturated heterocycles. The van der Waals surface area contributed by atoms with Crippen molar-refractivity contribution in [2.24, 2.45) is 5.92 Å². The van der Waals surface area contributed by atoms with Gasteiger partial charge in [-0.3, -0.25) is 14.0 Å². The summed E-state index contributed by atoms with van der Waals surface area (Å²) in [5.41, 5.74) is 10.4. The first kappa shape index (κ1) is 24.7. The van der Waals surface area contributed by atoms with Crippen molar-refractivity contribution in [2.75, 3.05) is 12.3 Å². The summed E-state index contributed by atoms with van der Waals surface area (Å²) in [4.78, 5) is 36.9. The van der Waals surface area contributed by atoms with Gasteiger partial charge < -0.3 is 20.8 Å². The lowest BCUT2D eigenvalue weighted by Crippen LogP contribution is -2.31. The fourth-order valence-electron chi connectivity index (χ4n) is 5.59. The monoisotopic (exact) mass is 522 g/mol. The number of H-pyrrole nitrogens is 1. The second-order valence-electron chi connectivity index (χ2n) is 10.2. The first-order valence-corrected chi connectivity index (χ1v) is 13.2. The number of hydrogen-bond acceptors (Lipinski definition) is 6. The number of carbonyl (C=O) groups excluding carboxylic acids is 2. The Bertz CT molecular complexity index is 1650. The summed E-state index contributed by atoms with van der Waals surface area (Å²) >= 11 is 0. The molecule has 6 rings (SSSR count). The molecule has 0 atom stereocenters. The number of nitrogens with two attached hydrogens (primary N) is 1. The van der Waals surface area contributed by atoms with Crippen LogP contribution < -0.4 is 15.8 Å². The Morgan fingerprint density at radius 3 is 2.72 bits per heavy atom. The molecule has 1 aliphatic carbocycles. The van der Waals surface area contributed by atoms with Gasteiger partial charge in [0.05, 0.1) is 5.69 Å². The summed E-state index contributed by atoms with van der Waals surface area (Å²) < 4.78 is 7.19. The van der Waals surface area contributed by atoms with E-state index in [0.29, 0.717) is 29.6 Å². The number of ether oxygens (including phenoxy) is 1. The van der Waals surface area contributed by atoms with Crippen molar-refractivity contribution in [3.05, 3.63) is 78.4 Å². The van der Waals surface area contributed by atoms with Crippen molar-refractivity contribution < 1.29 is 14.3 Å². The van der Waals surface area contributed by atoms with E-state index in [4.69, 9.17) is 15.5 Å². The number of hydrogen-bond donors (Lipinski definition) is 3. The summed E-state index contributed by atoms with van der Waals surface area (Å²) in [6.07, 6.45) is 7.56. The van der Waals surface area contributed by atoms with Gasteiger partial charge in [0.15, 0.2) is 0 Å². The highest BCUT2D eigenvalue weighted by molar-refractivity contribution is 5.94. The first-order chi connectivity index (χ1) is 19.0. The van der Waals surface area contributed by atoms with Gasteiger partial charge >= 0.3 is 5.97 Å². The Labute approximate surface area is 225 Å². The zero-order chi connectivity index (χ0) is 26.9. The number of carbonyl (C=O) groups is 2. The minimum absolute atomic E-state index is 0.170. The molecule has 4 N–H and O–H groups in total. The molecule has 2 aromatic carbocycles. The van der Waals surface area contributed by atoms with Crippen molar-refractivity contribution >= 4 is 34.1 Å². The summed E-state index contributed by atoms with van der Waals surface area (Å²) in [5.74, 6) is 1.90. The van der Waals surface area contributed by atoms with Crippen LogP contribution in [-0.2, 0) is 4.79 Å². The van der Waals surface area contributed by atoms with E-state index >= 15 is 0 Å². The maximum absolute atomic E-state index is 12.7. The Hall–Kier alpha value is -4.66. The van der Waals surface area contributed by atoms with Gasteiger partial charge in [-0.2, -0.15) is 0 Å². The third-order valence-electron chi connectivity index (χ3n) is 7.52. The van der Waals surface area contributed by atoms with Crippen LogP contribution in [0.1, 0.15) is 54.7 Å². The van der Waals surface area contributed by atoms with Crippen LogP contribution >= 0.6 is 0 Å². The second-order valence-corrected chi connectivity index (χ2v) is 10.2. The number of esters is 1. The number of anilines is 1.